The van der Waals surface area contributed by atoms with Crippen LogP contribution in [0.15, 0.2) is 0 Å². The lowest BCUT2D eigenvalue weighted by Gasteiger charge is -2.34. The molecule has 20 heavy (non-hydrogen) atoms. The van der Waals surface area contributed by atoms with E-state index in [4.69, 9.17) is 0 Å². The molecule has 1 N–H and O–H groups in total. The number of hydrogen-bond donors (Lipinski definition) is 1. The van der Waals surface area contributed by atoms with Crippen LogP contribution in [0.2, 0.25) is 0 Å². The Morgan fingerprint density at radius 3 is 2.20 bits per heavy atom. The minimum Gasteiger partial charge on any atom is -0.300 e. The Labute approximate surface area is 126 Å². The molecular formula is C17H35N3. The second-order valence-electron chi connectivity index (χ2n) is 6.48. The third kappa shape index (κ3) is 7.26. The first-order valence-corrected chi connectivity index (χ1v) is 8.32. The molecule has 0 spiro atoms. The summed E-state index contributed by atoms with van der Waals surface area (Å²) in [4.78, 5) is 2.58. The first kappa shape index (κ1) is 19.4. The summed E-state index contributed by atoms with van der Waals surface area (Å²) >= 11 is 0. The molecule has 0 saturated carbocycles. The van der Waals surface area contributed by atoms with Crippen molar-refractivity contribution in [1.29, 1.82) is 5.26 Å². The molecule has 0 aliphatic carbocycles. The number of nitriles is 1. The Morgan fingerprint density at radius 1 is 1.20 bits per heavy atom. The van der Waals surface area contributed by atoms with Crippen LogP contribution in [0.1, 0.15) is 67.2 Å². The van der Waals surface area contributed by atoms with Gasteiger partial charge in [-0.15, -0.1) is 0 Å². The number of nitrogens with one attached hydrogen (secondary N) is 1. The average Bonchev–Trinajstić information content (AvgIpc) is 2.43. The normalized spacial score (nSPS) is 14.8. The highest BCUT2D eigenvalue weighted by Crippen LogP contribution is 2.16. The van der Waals surface area contributed by atoms with E-state index in [1.165, 1.54) is 12.8 Å². The second-order valence-corrected chi connectivity index (χ2v) is 6.48. The molecule has 0 radical (unpaired) electrons. The minimum absolute atomic E-state index is 0.392. The van der Waals surface area contributed by atoms with Crippen molar-refractivity contribution in [2.75, 3.05) is 19.6 Å². The summed E-state index contributed by atoms with van der Waals surface area (Å²) in [6.45, 7) is 16.3. The third-order valence-corrected chi connectivity index (χ3v) is 3.97. The van der Waals surface area contributed by atoms with Crippen molar-refractivity contribution in [2.24, 2.45) is 5.92 Å². The molecule has 1 atom stereocenters. The van der Waals surface area contributed by atoms with E-state index < -0.39 is 5.54 Å². The molecule has 118 valence electrons. The minimum atomic E-state index is -0.392. The lowest BCUT2D eigenvalue weighted by Crippen LogP contribution is -2.46. The summed E-state index contributed by atoms with van der Waals surface area (Å²) in [5.74, 6) is 0.674. The van der Waals surface area contributed by atoms with Gasteiger partial charge in [0, 0.05) is 19.1 Å². The molecule has 0 aliphatic heterocycles. The summed E-state index contributed by atoms with van der Waals surface area (Å²) in [7, 11) is 0. The Hall–Kier alpha value is -0.590. The zero-order valence-electron chi connectivity index (χ0n) is 14.5. The highest BCUT2D eigenvalue weighted by molar-refractivity contribution is 5.04. The molecule has 0 aromatic carbocycles. The van der Waals surface area contributed by atoms with Gasteiger partial charge in [0.25, 0.3) is 0 Å². The van der Waals surface area contributed by atoms with Crippen LogP contribution in [-0.2, 0) is 0 Å². The van der Waals surface area contributed by atoms with Crippen LogP contribution in [0, 0.1) is 17.2 Å². The molecule has 0 amide bonds. The molecule has 0 heterocycles. The topological polar surface area (TPSA) is 39.1 Å². The monoisotopic (exact) mass is 281 g/mol. The average molecular weight is 281 g/mol. The van der Waals surface area contributed by atoms with Crippen LogP contribution in [-0.4, -0.2) is 36.1 Å². The first-order chi connectivity index (χ1) is 9.42. The Kier molecular flexibility index (Phi) is 9.88. The van der Waals surface area contributed by atoms with E-state index in [0.29, 0.717) is 12.0 Å². The van der Waals surface area contributed by atoms with E-state index >= 15 is 0 Å². The van der Waals surface area contributed by atoms with E-state index in [9.17, 15) is 5.26 Å². The summed E-state index contributed by atoms with van der Waals surface area (Å²) in [5, 5.41) is 12.8. The largest absolute Gasteiger partial charge is 0.300 e. The number of rotatable bonds is 11. The summed E-state index contributed by atoms with van der Waals surface area (Å²) in [6, 6.07) is 3.10. The predicted octanol–water partition coefficient (Wildman–Crippen LogP) is 3.80. The van der Waals surface area contributed by atoms with Crippen LogP contribution in [0.4, 0.5) is 0 Å². The molecule has 0 bridgehead atoms. The van der Waals surface area contributed by atoms with Crippen molar-refractivity contribution in [3.8, 4) is 6.07 Å². The van der Waals surface area contributed by atoms with E-state index in [2.05, 4.69) is 50.9 Å². The van der Waals surface area contributed by atoms with Gasteiger partial charge in [-0.05, 0) is 45.1 Å². The fraction of sp³-hybridized carbons (Fsp3) is 0.941. The number of nitrogens with zero attached hydrogens (tertiary/aromatic N) is 2. The van der Waals surface area contributed by atoms with E-state index in [0.717, 1.165) is 32.5 Å². The van der Waals surface area contributed by atoms with Gasteiger partial charge in [0.1, 0.15) is 5.54 Å². The lowest BCUT2D eigenvalue weighted by molar-refractivity contribution is 0.153. The Morgan fingerprint density at radius 2 is 1.80 bits per heavy atom. The molecule has 0 fully saturated rings. The van der Waals surface area contributed by atoms with Gasteiger partial charge in [-0.2, -0.15) is 5.26 Å². The second kappa shape index (κ2) is 10.2. The van der Waals surface area contributed by atoms with Gasteiger partial charge in [0.2, 0.25) is 0 Å². The maximum atomic E-state index is 9.43. The van der Waals surface area contributed by atoms with Crippen molar-refractivity contribution in [1.82, 2.24) is 10.2 Å². The molecule has 0 saturated heterocycles. The van der Waals surface area contributed by atoms with Gasteiger partial charge in [0.05, 0.1) is 6.07 Å². The quantitative estimate of drug-likeness (QED) is 0.626. The number of hydrogen-bond acceptors (Lipinski definition) is 3. The molecule has 0 aromatic rings. The van der Waals surface area contributed by atoms with Crippen LogP contribution in [0.5, 0.6) is 0 Å². The molecule has 3 nitrogen and oxygen atoms in total. The highest BCUT2D eigenvalue weighted by Gasteiger charge is 2.25. The van der Waals surface area contributed by atoms with Crippen molar-refractivity contribution in [3.63, 3.8) is 0 Å². The zero-order chi connectivity index (χ0) is 15.6. The van der Waals surface area contributed by atoms with Crippen molar-refractivity contribution in [2.45, 2.75) is 78.8 Å². The molecule has 0 aromatic heterocycles. The molecular weight excluding hydrogens is 246 g/mol. The highest BCUT2D eigenvalue weighted by atomic mass is 15.2. The summed E-state index contributed by atoms with van der Waals surface area (Å²) < 4.78 is 0. The van der Waals surface area contributed by atoms with Crippen molar-refractivity contribution in [3.05, 3.63) is 0 Å². The summed E-state index contributed by atoms with van der Waals surface area (Å²) in [5.41, 5.74) is -0.392. The van der Waals surface area contributed by atoms with Crippen molar-refractivity contribution < 1.29 is 0 Å². The van der Waals surface area contributed by atoms with Crippen LogP contribution in [0.25, 0.3) is 0 Å². The maximum absolute atomic E-state index is 9.43. The Bertz CT molecular complexity index is 278. The van der Waals surface area contributed by atoms with E-state index in [-0.39, 0.29) is 0 Å². The SMILES string of the molecule is CCCNC(C)(C#N)CCN(CC(C)C)C(CC)CC. The molecule has 0 rings (SSSR count). The predicted molar refractivity (Wildman–Crippen MR) is 87.7 cm³/mol. The third-order valence-electron chi connectivity index (χ3n) is 3.97. The summed E-state index contributed by atoms with van der Waals surface area (Å²) in [6.07, 6.45) is 4.34. The van der Waals surface area contributed by atoms with Crippen LogP contribution >= 0.6 is 0 Å². The maximum Gasteiger partial charge on any atom is 0.105 e. The fourth-order valence-electron chi connectivity index (χ4n) is 2.65. The molecule has 1 unspecified atom stereocenters. The van der Waals surface area contributed by atoms with E-state index in [1.54, 1.807) is 0 Å². The first-order valence-electron chi connectivity index (χ1n) is 8.32. The molecule has 3 heteroatoms. The Balaban J connectivity index is 4.60. The molecule has 0 aliphatic rings. The van der Waals surface area contributed by atoms with Gasteiger partial charge in [-0.3, -0.25) is 5.32 Å². The fourth-order valence-corrected chi connectivity index (χ4v) is 2.65. The van der Waals surface area contributed by atoms with Crippen LogP contribution in [0.3, 0.4) is 0 Å². The lowest BCUT2D eigenvalue weighted by atomic mass is 9.97. The van der Waals surface area contributed by atoms with Gasteiger partial charge in [-0.25, -0.2) is 0 Å². The van der Waals surface area contributed by atoms with Crippen molar-refractivity contribution >= 4 is 0 Å². The van der Waals surface area contributed by atoms with E-state index in [1.807, 2.05) is 6.92 Å². The van der Waals surface area contributed by atoms with Gasteiger partial charge >= 0.3 is 0 Å². The zero-order valence-corrected chi connectivity index (χ0v) is 14.5. The van der Waals surface area contributed by atoms with Gasteiger partial charge in [0.15, 0.2) is 0 Å². The standard InChI is InChI=1S/C17H35N3/c1-7-11-19-17(6,14-18)10-12-20(13-15(4)5)16(8-2)9-3/h15-16,19H,7-13H2,1-6H3. The van der Waals surface area contributed by atoms with Gasteiger partial charge < -0.3 is 4.90 Å². The van der Waals surface area contributed by atoms with Gasteiger partial charge in [-0.1, -0.05) is 34.6 Å². The van der Waals surface area contributed by atoms with Crippen LogP contribution < -0.4 is 5.32 Å². The smallest absolute Gasteiger partial charge is 0.105 e.